The molecule has 0 N–H and O–H groups in total. The van der Waals surface area contributed by atoms with E-state index in [0.717, 1.165) is 0 Å². The van der Waals surface area contributed by atoms with Gasteiger partial charge >= 0.3 is 0 Å². The van der Waals surface area contributed by atoms with Crippen molar-refractivity contribution in [1.82, 2.24) is 0 Å². The van der Waals surface area contributed by atoms with Crippen LogP contribution in [0, 0.1) is 0 Å². The summed E-state index contributed by atoms with van der Waals surface area (Å²) in [5.41, 5.74) is 14.8. The second-order valence-electron chi connectivity index (χ2n) is 19.0. The minimum Gasteiger partial charge on any atom is -0.0622 e. The van der Waals surface area contributed by atoms with Crippen LogP contribution in [0.15, 0.2) is 255 Å². The molecule has 0 spiro atoms. The number of rotatable bonds is 6. The van der Waals surface area contributed by atoms with E-state index in [1.807, 2.05) is 0 Å². The summed E-state index contributed by atoms with van der Waals surface area (Å²) in [4.78, 5) is 0. The van der Waals surface area contributed by atoms with Gasteiger partial charge in [-0.2, -0.15) is 0 Å². The number of hydrogen-bond donors (Lipinski definition) is 0. The molecule has 0 nitrogen and oxygen atoms in total. The lowest BCUT2D eigenvalue weighted by atomic mass is 9.87. The lowest BCUT2D eigenvalue weighted by molar-refractivity contribution is 1.57. The second-order valence-corrected chi connectivity index (χ2v) is 19.0. The highest BCUT2D eigenvalue weighted by atomic mass is 14.3. The molecule has 0 heteroatoms. The topological polar surface area (TPSA) is 0 Å². The van der Waals surface area contributed by atoms with Gasteiger partial charge in [0.1, 0.15) is 0 Å². The van der Waals surface area contributed by atoms with Gasteiger partial charge in [0.05, 0.1) is 0 Å². The number of fused-ring (bicyclic) bond motifs is 10. The molecule has 0 aliphatic heterocycles. The van der Waals surface area contributed by atoms with Crippen LogP contribution < -0.4 is 0 Å². The Bertz CT molecular complexity index is 4420. The molecule has 0 heterocycles. The van der Waals surface area contributed by atoms with Gasteiger partial charge in [0.2, 0.25) is 0 Å². The second kappa shape index (κ2) is 15.2. The molecule has 0 unspecified atom stereocenters. The molecule has 0 saturated heterocycles. The van der Waals surface area contributed by atoms with Gasteiger partial charge in [-0.15, -0.1) is 0 Å². The molecule has 0 aliphatic rings. The predicted octanol–water partition coefficient (Wildman–Crippen LogP) is 19.8. The zero-order valence-corrected chi connectivity index (χ0v) is 38.2. The van der Waals surface area contributed by atoms with Crippen LogP contribution in [0.4, 0.5) is 0 Å². The van der Waals surface area contributed by atoms with Crippen LogP contribution in [-0.4, -0.2) is 0 Å². The molecule has 322 valence electrons. The summed E-state index contributed by atoms with van der Waals surface area (Å²) in [7, 11) is 0. The third-order valence-electron chi connectivity index (χ3n) is 15.3. The van der Waals surface area contributed by atoms with Crippen LogP contribution in [0.5, 0.6) is 0 Å². The summed E-state index contributed by atoms with van der Waals surface area (Å²) in [5, 5.41) is 20.9. The van der Waals surface area contributed by atoms with E-state index < -0.39 is 0 Å². The zero-order valence-electron chi connectivity index (χ0n) is 38.2. The zero-order chi connectivity index (χ0) is 45.9. The highest BCUT2D eigenvalue weighted by molar-refractivity contribution is 6.41. The minimum atomic E-state index is 1.22. The van der Waals surface area contributed by atoms with Crippen molar-refractivity contribution >= 4 is 86.2 Å². The van der Waals surface area contributed by atoms with Crippen molar-refractivity contribution in [1.29, 1.82) is 0 Å². The van der Waals surface area contributed by atoms with Crippen LogP contribution in [0.2, 0.25) is 0 Å². The lowest BCUT2D eigenvalue weighted by Gasteiger charge is -2.17. The van der Waals surface area contributed by atoms with E-state index in [9.17, 15) is 0 Å². The van der Waals surface area contributed by atoms with Gasteiger partial charge in [0.15, 0.2) is 0 Å². The van der Waals surface area contributed by atoms with Crippen LogP contribution in [-0.2, 0) is 0 Å². The van der Waals surface area contributed by atoms with E-state index in [1.54, 1.807) is 0 Å². The van der Waals surface area contributed by atoms with Crippen LogP contribution in [0.1, 0.15) is 0 Å². The first-order valence-electron chi connectivity index (χ1n) is 24.4. The van der Waals surface area contributed by atoms with Gasteiger partial charge in [0, 0.05) is 0 Å². The molecule has 0 radical (unpaired) electrons. The average Bonchev–Trinajstić information content (AvgIpc) is 3.92. The maximum atomic E-state index is 2.51. The fraction of sp³-hybridized carbons (Fsp3) is 0. The maximum absolute atomic E-state index is 2.51. The van der Waals surface area contributed by atoms with Crippen LogP contribution in [0.3, 0.4) is 0 Å². The van der Waals surface area contributed by atoms with E-state index in [4.69, 9.17) is 0 Å². The third-order valence-corrected chi connectivity index (χ3v) is 15.3. The Morgan fingerprint density at radius 3 is 0.957 bits per heavy atom. The lowest BCUT2D eigenvalue weighted by Crippen LogP contribution is -1.90. The summed E-state index contributed by atoms with van der Waals surface area (Å²) in [6.07, 6.45) is 0. The molecule has 15 rings (SSSR count). The molecular formula is C70H42. The van der Waals surface area contributed by atoms with E-state index in [-0.39, 0.29) is 0 Å². The summed E-state index contributed by atoms with van der Waals surface area (Å²) in [5.74, 6) is 0. The molecule has 0 atom stereocenters. The molecule has 0 amide bonds. The van der Waals surface area contributed by atoms with Crippen molar-refractivity contribution in [3.8, 4) is 66.8 Å². The first kappa shape index (κ1) is 38.9. The van der Waals surface area contributed by atoms with Gasteiger partial charge < -0.3 is 0 Å². The van der Waals surface area contributed by atoms with Crippen LogP contribution >= 0.6 is 0 Å². The van der Waals surface area contributed by atoms with E-state index in [2.05, 4.69) is 255 Å². The van der Waals surface area contributed by atoms with Gasteiger partial charge in [0.25, 0.3) is 0 Å². The Hall–Kier alpha value is -9.10. The minimum absolute atomic E-state index is 1.22. The quantitative estimate of drug-likeness (QED) is 0.146. The molecule has 70 heavy (non-hydrogen) atoms. The first-order valence-corrected chi connectivity index (χ1v) is 24.4. The van der Waals surface area contributed by atoms with Crippen LogP contribution in [0.25, 0.3) is 153 Å². The van der Waals surface area contributed by atoms with Gasteiger partial charge in [-0.1, -0.05) is 218 Å². The van der Waals surface area contributed by atoms with Crippen molar-refractivity contribution in [2.24, 2.45) is 0 Å². The van der Waals surface area contributed by atoms with Crippen molar-refractivity contribution in [3.63, 3.8) is 0 Å². The monoisotopic (exact) mass is 882 g/mol. The Kier molecular flexibility index (Phi) is 8.46. The molecule has 0 saturated carbocycles. The summed E-state index contributed by atoms with van der Waals surface area (Å²) < 4.78 is 0. The summed E-state index contributed by atoms with van der Waals surface area (Å²) in [6.45, 7) is 0. The van der Waals surface area contributed by atoms with Gasteiger partial charge in [-0.25, -0.2) is 0 Å². The van der Waals surface area contributed by atoms with Crippen molar-refractivity contribution in [3.05, 3.63) is 255 Å². The van der Waals surface area contributed by atoms with E-state index in [0.29, 0.717) is 0 Å². The SMILES string of the molecule is c1ccc(-c2cccc(-c3ccccc3)c2-c2ccc3cc4c(cc3c2)c2cccc3c5cc6c7ccc(-c8c(-c9ccccc9)cccc8-c8ccccc8)cc7c7cccc(c5cc4c23)c76)cc1. The fourth-order valence-electron chi connectivity index (χ4n) is 12.3. The highest BCUT2D eigenvalue weighted by Crippen LogP contribution is 2.50. The number of hydrogen-bond acceptors (Lipinski definition) is 0. The summed E-state index contributed by atoms with van der Waals surface area (Å²) in [6, 6.07) is 95.0. The molecular weight excluding hydrogens is 841 g/mol. The molecule has 0 aliphatic carbocycles. The van der Waals surface area contributed by atoms with Crippen molar-refractivity contribution in [2.45, 2.75) is 0 Å². The summed E-state index contributed by atoms with van der Waals surface area (Å²) >= 11 is 0. The fourth-order valence-corrected chi connectivity index (χ4v) is 12.3. The third kappa shape index (κ3) is 5.78. The maximum Gasteiger partial charge on any atom is -0.00199 e. The Morgan fingerprint density at radius 1 is 0.157 bits per heavy atom. The molecule has 0 aromatic heterocycles. The Balaban J connectivity index is 0.938. The first-order chi connectivity index (χ1) is 34.7. The molecule has 15 aromatic rings. The van der Waals surface area contributed by atoms with Gasteiger partial charge in [-0.05, 0) is 189 Å². The largest absolute Gasteiger partial charge is 0.0622 e. The van der Waals surface area contributed by atoms with Gasteiger partial charge in [-0.3, -0.25) is 0 Å². The number of benzene rings is 13. The smallest absolute Gasteiger partial charge is 0.00199 e. The van der Waals surface area contributed by atoms with Crippen molar-refractivity contribution < 1.29 is 0 Å². The molecule has 0 fully saturated rings. The Labute approximate surface area is 405 Å². The van der Waals surface area contributed by atoms with E-state index in [1.165, 1.54) is 153 Å². The van der Waals surface area contributed by atoms with E-state index >= 15 is 0 Å². The molecule has 0 bridgehead atoms. The predicted molar refractivity (Wildman–Crippen MR) is 301 cm³/mol. The standard InChI is InChI=1S/C70H42/c1-5-17-43(18-6-1)51-25-13-26-52(44-19-7-2-8-20-44)67(51)48-34-33-47-38-62-61(40-50(47)37-48)57-30-16-32-59-63-41-65-55-36-35-49(39-60(55)56-29-15-31-58(69(56)65)64(63)42-66(62)70(57)59)68-53(45-21-9-3-10-22-45)27-14-28-54(68)46-23-11-4-12-24-46/h1-42H. The van der Waals surface area contributed by atoms with Crippen molar-refractivity contribution in [2.75, 3.05) is 0 Å². The molecule has 15 aromatic carbocycles. The normalized spacial score (nSPS) is 12.0. The highest BCUT2D eigenvalue weighted by Gasteiger charge is 2.22. The Morgan fingerprint density at radius 2 is 0.500 bits per heavy atom. The average molecular weight is 883 g/mol.